The molecule has 1 N–H and O–H groups in total. The van der Waals surface area contributed by atoms with Gasteiger partial charge >= 0.3 is 6.03 Å². The highest BCUT2D eigenvalue weighted by Crippen LogP contribution is 2.28. The smallest absolute Gasteiger partial charge is 0.330 e. The zero-order chi connectivity index (χ0) is 18.2. The van der Waals surface area contributed by atoms with Crippen molar-refractivity contribution < 1.29 is 23.5 Å². The molecule has 2 aromatic rings. The number of rotatable bonds is 4. The molecule has 1 aromatic carbocycles. The Morgan fingerprint density at radius 1 is 1.20 bits per heavy atom. The minimum absolute atomic E-state index is 0.0554. The van der Waals surface area contributed by atoms with Crippen molar-refractivity contribution in [3.05, 3.63) is 36.4 Å². The molecule has 0 radical (unpaired) electrons. The van der Waals surface area contributed by atoms with Crippen LogP contribution < -0.4 is 19.7 Å². The quantitative estimate of drug-likeness (QED) is 0.854. The summed E-state index contributed by atoms with van der Waals surface area (Å²) in [6, 6.07) is 4.78. The minimum Gasteiger partial charge on any atom is -0.494 e. The summed E-state index contributed by atoms with van der Waals surface area (Å²) in [6.45, 7) is 3.18. The van der Waals surface area contributed by atoms with Crippen molar-refractivity contribution in [3.63, 3.8) is 0 Å². The van der Waals surface area contributed by atoms with Gasteiger partial charge in [0.05, 0.1) is 7.11 Å². The van der Waals surface area contributed by atoms with E-state index in [-0.39, 0.29) is 23.2 Å². The van der Waals surface area contributed by atoms with E-state index in [1.54, 1.807) is 13.8 Å². The molecule has 1 aliphatic heterocycles. The van der Waals surface area contributed by atoms with Crippen LogP contribution in [0.25, 0.3) is 0 Å². The summed E-state index contributed by atoms with van der Waals surface area (Å²) in [5.74, 6) is -0.660. The lowest BCUT2D eigenvalue weighted by molar-refractivity contribution is -0.121. The number of aromatic nitrogens is 2. The van der Waals surface area contributed by atoms with Crippen LogP contribution in [0.5, 0.6) is 17.4 Å². The van der Waals surface area contributed by atoms with Crippen LogP contribution in [0.2, 0.25) is 0 Å². The monoisotopic (exact) mass is 346 g/mol. The Labute approximate surface area is 142 Å². The van der Waals surface area contributed by atoms with E-state index in [4.69, 9.17) is 9.47 Å². The molecule has 0 bridgehead atoms. The first-order valence-corrected chi connectivity index (χ1v) is 7.32. The highest BCUT2D eigenvalue weighted by Gasteiger charge is 2.45. The van der Waals surface area contributed by atoms with Crippen molar-refractivity contribution >= 4 is 17.8 Å². The first-order chi connectivity index (χ1) is 11.8. The molecule has 0 aliphatic carbocycles. The molecule has 2 heterocycles. The first-order valence-electron chi connectivity index (χ1n) is 7.32. The number of imide groups is 1. The summed E-state index contributed by atoms with van der Waals surface area (Å²) in [5, 5.41) is 2.55. The number of halogens is 1. The van der Waals surface area contributed by atoms with E-state index in [1.165, 1.54) is 25.3 Å². The van der Waals surface area contributed by atoms with Crippen LogP contribution in [0.1, 0.15) is 13.8 Å². The van der Waals surface area contributed by atoms with Gasteiger partial charge in [-0.15, -0.1) is 0 Å². The van der Waals surface area contributed by atoms with Gasteiger partial charge in [-0.05, 0) is 26.0 Å². The van der Waals surface area contributed by atoms with E-state index in [2.05, 4.69) is 15.3 Å². The number of ether oxygens (including phenoxy) is 2. The Morgan fingerprint density at radius 2 is 1.96 bits per heavy atom. The third-order valence-electron chi connectivity index (χ3n) is 3.56. The number of nitrogens with zero attached hydrogens (tertiary/aromatic N) is 3. The molecule has 0 spiro atoms. The molecule has 8 nitrogen and oxygen atoms in total. The highest BCUT2D eigenvalue weighted by atomic mass is 19.1. The van der Waals surface area contributed by atoms with Crippen molar-refractivity contribution in [3.8, 4) is 17.4 Å². The molecular weight excluding hydrogens is 331 g/mol. The average molecular weight is 346 g/mol. The molecule has 9 heteroatoms. The number of nitrogens with one attached hydrogen (secondary N) is 1. The van der Waals surface area contributed by atoms with Crippen LogP contribution in [0.3, 0.4) is 0 Å². The lowest BCUT2D eigenvalue weighted by atomic mass is 10.1. The van der Waals surface area contributed by atoms with E-state index < -0.39 is 23.3 Å². The highest BCUT2D eigenvalue weighted by molar-refractivity contribution is 6.22. The number of carbonyl (C=O) groups is 2. The Bertz CT molecular complexity index is 856. The van der Waals surface area contributed by atoms with Crippen LogP contribution in [-0.4, -0.2) is 34.6 Å². The van der Waals surface area contributed by atoms with E-state index in [0.29, 0.717) is 0 Å². The van der Waals surface area contributed by atoms with E-state index >= 15 is 0 Å². The van der Waals surface area contributed by atoms with Gasteiger partial charge in [-0.25, -0.2) is 24.1 Å². The molecule has 1 aliphatic rings. The fraction of sp³-hybridized carbons (Fsp3) is 0.250. The van der Waals surface area contributed by atoms with Gasteiger partial charge in [0.15, 0.2) is 17.4 Å². The van der Waals surface area contributed by atoms with Crippen LogP contribution in [0.4, 0.5) is 15.0 Å². The average Bonchev–Trinajstić information content (AvgIpc) is 2.75. The normalized spacial score (nSPS) is 15.9. The maximum Gasteiger partial charge on any atom is 0.330 e. The summed E-state index contributed by atoms with van der Waals surface area (Å²) in [6.07, 6.45) is 1.15. The maximum absolute atomic E-state index is 13.7. The minimum atomic E-state index is -1.03. The van der Waals surface area contributed by atoms with Gasteiger partial charge in [-0.2, -0.15) is 0 Å². The van der Waals surface area contributed by atoms with Crippen molar-refractivity contribution in [2.75, 3.05) is 12.0 Å². The summed E-state index contributed by atoms with van der Waals surface area (Å²) >= 11 is 0. The van der Waals surface area contributed by atoms with Gasteiger partial charge in [-0.3, -0.25) is 4.79 Å². The molecule has 1 aromatic heterocycles. The molecule has 0 unspecified atom stereocenters. The number of urea groups is 1. The van der Waals surface area contributed by atoms with Crippen molar-refractivity contribution in [1.29, 1.82) is 0 Å². The van der Waals surface area contributed by atoms with Crippen molar-refractivity contribution in [2.24, 2.45) is 0 Å². The van der Waals surface area contributed by atoms with Gasteiger partial charge in [0, 0.05) is 12.1 Å². The Balaban J connectivity index is 1.86. The van der Waals surface area contributed by atoms with Gasteiger partial charge in [0.2, 0.25) is 5.88 Å². The fourth-order valence-electron chi connectivity index (χ4n) is 2.30. The number of hydrogen-bond donors (Lipinski definition) is 1. The number of anilines is 1. The number of amides is 3. The van der Waals surface area contributed by atoms with Crippen molar-refractivity contribution in [1.82, 2.24) is 15.3 Å². The van der Waals surface area contributed by atoms with E-state index in [0.717, 1.165) is 17.3 Å². The zero-order valence-electron chi connectivity index (χ0n) is 13.7. The molecule has 1 saturated heterocycles. The second kappa shape index (κ2) is 6.00. The lowest BCUT2D eigenvalue weighted by Gasteiger charge is -2.15. The molecule has 1 fully saturated rings. The summed E-state index contributed by atoms with van der Waals surface area (Å²) < 4.78 is 24.0. The van der Waals surface area contributed by atoms with Gasteiger partial charge < -0.3 is 14.8 Å². The SMILES string of the molecule is COc1ccc(Oc2cc(N3C(=O)NC(C)(C)C3=O)ncn2)cc1F. The second-order valence-corrected chi connectivity index (χ2v) is 5.81. The molecule has 3 rings (SSSR count). The van der Waals surface area contributed by atoms with Crippen LogP contribution in [0, 0.1) is 5.82 Å². The topological polar surface area (TPSA) is 93.7 Å². The Hall–Kier alpha value is -3.23. The maximum atomic E-state index is 13.7. The largest absolute Gasteiger partial charge is 0.494 e. The number of hydrogen-bond acceptors (Lipinski definition) is 6. The van der Waals surface area contributed by atoms with Gasteiger partial charge in [0.25, 0.3) is 5.91 Å². The lowest BCUT2D eigenvalue weighted by Crippen LogP contribution is -2.40. The van der Waals surface area contributed by atoms with E-state index in [1.807, 2.05) is 0 Å². The molecule has 0 atom stereocenters. The van der Waals surface area contributed by atoms with E-state index in [9.17, 15) is 14.0 Å². The Kier molecular flexibility index (Phi) is 3.99. The molecule has 25 heavy (non-hydrogen) atoms. The van der Waals surface area contributed by atoms with Crippen LogP contribution in [0.15, 0.2) is 30.6 Å². The first kappa shape index (κ1) is 16.6. The second-order valence-electron chi connectivity index (χ2n) is 5.81. The predicted molar refractivity (Wildman–Crippen MR) is 85.2 cm³/mol. The van der Waals surface area contributed by atoms with Crippen LogP contribution in [-0.2, 0) is 4.79 Å². The summed E-state index contributed by atoms with van der Waals surface area (Å²) in [7, 11) is 1.36. The summed E-state index contributed by atoms with van der Waals surface area (Å²) in [5.41, 5.74) is -1.03. The molecular formula is C16H15FN4O4. The third-order valence-corrected chi connectivity index (χ3v) is 3.56. The molecule has 130 valence electrons. The summed E-state index contributed by atoms with van der Waals surface area (Å²) in [4.78, 5) is 33.1. The number of benzene rings is 1. The Morgan fingerprint density at radius 3 is 2.56 bits per heavy atom. The van der Waals surface area contributed by atoms with Crippen molar-refractivity contribution in [2.45, 2.75) is 19.4 Å². The zero-order valence-corrected chi connectivity index (χ0v) is 13.7. The molecule has 3 amide bonds. The standard InChI is InChI=1S/C16H15FN4O4/c1-16(2)14(22)21(15(23)20-16)12-7-13(19-8-18-12)25-9-4-5-11(24-3)10(17)6-9/h4-8H,1-3H3,(H,20,23). The van der Waals surface area contributed by atoms with Gasteiger partial charge in [0.1, 0.15) is 17.6 Å². The predicted octanol–water partition coefficient (Wildman–Crippen LogP) is 2.25. The molecule has 0 saturated carbocycles. The van der Waals surface area contributed by atoms with Crippen LogP contribution >= 0.6 is 0 Å². The third kappa shape index (κ3) is 3.08. The number of carbonyl (C=O) groups excluding carboxylic acids is 2. The fourth-order valence-corrected chi connectivity index (χ4v) is 2.30. The number of methoxy groups -OCH3 is 1. The van der Waals surface area contributed by atoms with Gasteiger partial charge in [-0.1, -0.05) is 0 Å².